The van der Waals surface area contributed by atoms with Gasteiger partial charge >= 0.3 is 6.09 Å². The highest BCUT2D eigenvalue weighted by Crippen LogP contribution is 2.46. The number of rotatable bonds is 7. The van der Waals surface area contributed by atoms with E-state index in [9.17, 15) is 27.6 Å². The molecule has 0 radical (unpaired) electrons. The number of sulfonamides is 1. The molecule has 14 heteroatoms. The standard InChI is InChI=1S/C36H47N5O8S/c1-35(2,3)22-48-34(45)38-28-14-8-6-4-5-7-12-24-20-36(24,33(44)40-50(46,47)26-15-16-26)39-30(42)29-19-25(21-41(29)32(28)43)49-31-27-13-10-9-11-23(27)17-18-37-31/h7,9-13,17-18,24-26,28-29H,4-6,8,14-16,19-22H2,1-3H3,(H,38,45)(H,39,42)(H,40,44)/t24-,25-,28+,29+,36-/m1/s1. The van der Waals surface area contributed by atoms with Crippen LogP contribution in [0.25, 0.3) is 10.8 Å². The Bertz CT molecular complexity index is 1770. The van der Waals surface area contributed by atoms with E-state index in [2.05, 4.69) is 20.3 Å². The highest BCUT2D eigenvalue weighted by molar-refractivity contribution is 7.91. The van der Waals surface area contributed by atoms with Crippen molar-refractivity contribution in [2.45, 2.75) is 108 Å². The first-order valence-corrected chi connectivity index (χ1v) is 19.1. The minimum Gasteiger partial charge on any atom is -0.472 e. The molecule has 4 aliphatic rings. The number of hydrogen-bond acceptors (Lipinski definition) is 9. The molecule has 1 aromatic heterocycles. The fraction of sp³-hybridized carbons (Fsp3) is 0.583. The highest BCUT2D eigenvalue weighted by Gasteiger charge is 2.62. The molecule has 0 bridgehead atoms. The van der Waals surface area contributed by atoms with Gasteiger partial charge in [0.05, 0.1) is 18.4 Å². The summed E-state index contributed by atoms with van der Waals surface area (Å²) in [5, 5.41) is 6.70. The monoisotopic (exact) mass is 709 g/mol. The summed E-state index contributed by atoms with van der Waals surface area (Å²) < 4.78 is 39.6. The fourth-order valence-electron chi connectivity index (χ4n) is 6.66. The SMILES string of the molecule is CC(C)(C)COC(=O)N[C@H]1CCCCCC=C[C@@H]2C[C@@]2(C(=O)NS(=O)(=O)C2CC2)NC(=O)[C@@H]2C[C@@H](Oc3nccc4ccccc34)CN2C1=O. The van der Waals surface area contributed by atoms with Crippen LogP contribution in [0.15, 0.2) is 48.7 Å². The van der Waals surface area contributed by atoms with Crippen molar-refractivity contribution in [1.29, 1.82) is 0 Å². The zero-order valence-corrected chi connectivity index (χ0v) is 29.7. The Morgan fingerprint density at radius 2 is 1.86 bits per heavy atom. The van der Waals surface area contributed by atoms with Gasteiger partial charge in [-0.2, -0.15) is 0 Å². The molecule has 6 rings (SSSR count). The van der Waals surface area contributed by atoms with Crippen molar-refractivity contribution in [2.75, 3.05) is 13.2 Å². The molecule has 2 aliphatic carbocycles. The van der Waals surface area contributed by atoms with E-state index in [4.69, 9.17) is 9.47 Å². The van der Waals surface area contributed by atoms with E-state index in [1.807, 2.05) is 63.3 Å². The van der Waals surface area contributed by atoms with Gasteiger partial charge in [-0.1, -0.05) is 64.0 Å². The van der Waals surface area contributed by atoms with Gasteiger partial charge in [0.1, 0.15) is 23.7 Å². The van der Waals surface area contributed by atoms with E-state index in [-0.39, 0.29) is 31.4 Å². The number of fused-ring (bicyclic) bond motifs is 3. The third-order valence-corrected chi connectivity index (χ3v) is 11.5. The molecule has 3 N–H and O–H groups in total. The molecule has 1 aromatic carbocycles. The molecule has 0 unspecified atom stereocenters. The average molecular weight is 710 g/mol. The predicted octanol–water partition coefficient (Wildman–Crippen LogP) is 3.73. The maximum atomic E-state index is 14.4. The van der Waals surface area contributed by atoms with Crippen LogP contribution in [0.5, 0.6) is 5.88 Å². The number of carbonyl (C=O) groups is 4. The second kappa shape index (κ2) is 14.2. The van der Waals surface area contributed by atoms with E-state index >= 15 is 0 Å². The lowest BCUT2D eigenvalue weighted by Gasteiger charge is -2.30. The summed E-state index contributed by atoms with van der Waals surface area (Å²) in [5.74, 6) is -1.89. The lowest BCUT2D eigenvalue weighted by Crippen LogP contribution is -2.58. The zero-order valence-electron chi connectivity index (χ0n) is 28.9. The van der Waals surface area contributed by atoms with E-state index in [0.29, 0.717) is 38.0 Å². The van der Waals surface area contributed by atoms with Crippen molar-refractivity contribution in [3.05, 3.63) is 48.7 Å². The zero-order chi connectivity index (χ0) is 35.7. The number of ether oxygens (including phenoxy) is 2. The van der Waals surface area contributed by atoms with Crippen LogP contribution in [0.3, 0.4) is 0 Å². The number of carbonyl (C=O) groups excluding carboxylic acids is 4. The summed E-state index contributed by atoms with van der Waals surface area (Å²) in [5.41, 5.74) is -1.76. The molecule has 3 heterocycles. The number of allylic oxidation sites excluding steroid dienone is 1. The quantitative estimate of drug-likeness (QED) is 0.362. The molecule has 270 valence electrons. The lowest BCUT2D eigenvalue weighted by atomic mass is 9.99. The third kappa shape index (κ3) is 8.22. The minimum absolute atomic E-state index is 0.0234. The van der Waals surface area contributed by atoms with Gasteiger partial charge in [-0.3, -0.25) is 19.1 Å². The summed E-state index contributed by atoms with van der Waals surface area (Å²) in [4.78, 5) is 61.0. The first-order chi connectivity index (χ1) is 23.8. The summed E-state index contributed by atoms with van der Waals surface area (Å²) in [7, 11) is -3.87. The van der Waals surface area contributed by atoms with E-state index in [1.54, 1.807) is 6.20 Å². The molecule has 3 fully saturated rings. The number of benzene rings is 1. The van der Waals surface area contributed by atoms with Gasteiger partial charge in [-0.15, -0.1) is 0 Å². The Labute approximate surface area is 293 Å². The van der Waals surface area contributed by atoms with Gasteiger partial charge < -0.3 is 25.0 Å². The van der Waals surface area contributed by atoms with Crippen LogP contribution < -0.4 is 20.1 Å². The summed E-state index contributed by atoms with van der Waals surface area (Å²) >= 11 is 0. The molecular formula is C36H47N5O8S. The lowest BCUT2D eigenvalue weighted by molar-refractivity contribution is -0.141. The van der Waals surface area contributed by atoms with Crippen LogP contribution in [-0.4, -0.2) is 84.2 Å². The maximum Gasteiger partial charge on any atom is 0.407 e. The van der Waals surface area contributed by atoms with E-state index in [1.165, 1.54) is 4.90 Å². The molecular weight excluding hydrogens is 662 g/mol. The van der Waals surface area contributed by atoms with Gasteiger partial charge in [0.2, 0.25) is 27.7 Å². The van der Waals surface area contributed by atoms with Crippen LogP contribution in [0.1, 0.15) is 78.6 Å². The van der Waals surface area contributed by atoms with Crippen molar-refractivity contribution >= 4 is 44.6 Å². The normalized spacial score (nSPS) is 27.6. The maximum absolute atomic E-state index is 14.4. The Morgan fingerprint density at radius 3 is 2.62 bits per heavy atom. The smallest absolute Gasteiger partial charge is 0.407 e. The number of nitrogens with one attached hydrogen (secondary N) is 3. The van der Waals surface area contributed by atoms with Crippen molar-refractivity contribution in [3.63, 3.8) is 0 Å². The predicted molar refractivity (Wildman–Crippen MR) is 185 cm³/mol. The largest absolute Gasteiger partial charge is 0.472 e. The molecule has 2 aliphatic heterocycles. The summed E-state index contributed by atoms with van der Waals surface area (Å²) in [6.45, 7) is 5.97. The number of hydrogen-bond donors (Lipinski definition) is 3. The fourth-order valence-corrected chi connectivity index (χ4v) is 8.02. The third-order valence-electron chi connectivity index (χ3n) is 9.69. The second-order valence-corrected chi connectivity index (χ2v) is 17.1. The van der Waals surface area contributed by atoms with Crippen molar-refractivity contribution < 1.29 is 37.1 Å². The van der Waals surface area contributed by atoms with E-state index < -0.39 is 68.7 Å². The molecule has 50 heavy (non-hydrogen) atoms. The van der Waals surface area contributed by atoms with Crippen molar-refractivity contribution in [2.24, 2.45) is 11.3 Å². The number of pyridine rings is 1. The van der Waals surface area contributed by atoms with Gasteiger partial charge in [0, 0.05) is 23.9 Å². The number of amides is 4. The van der Waals surface area contributed by atoms with Crippen LogP contribution in [0, 0.1) is 11.3 Å². The Balaban J connectivity index is 1.29. The number of nitrogens with zero attached hydrogens (tertiary/aromatic N) is 2. The van der Waals surface area contributed by atoms with Crippen LogP contribution in [-0.2, 0) is 29.1 Å². The van der Waals surface area contributed by atoms with Crippen molar-refractivity contribution in [3.8, 4) is 5.88 Å². The van der Waals surface area contributed by atoms with Gasteiger partial charge in [-0.25, -0.2) is 18.2 Å². The summed E-state index contributed by atoms with van der Waals surface area (Å²) in [6, 6.07) is 7.41. The Hall–Kier alpha value is -4.20. The number of alkyl carbamates (subject to hydrolysis) is 1. The Kier molecular flexibility index (Phi) is 10.1. The van der Waals surface area contributed by atoms with Crippen LogP contribution >= 0.6 is 0 Å². The first kappa shape index (κ1) is 35.6. The topological polar surface area (TPSA) is 173 Å². The van der Waals surface area contributed by atoms with Crippen molar-refractivity contribution in [1.82, 2.24) is 25.2 Å². The van der Waals surface area contributed by atoms with Gasteiger partial charge in [0.15, 0.2) is 0 Å². The molecule has 1 saturated heterocycles. The molecule has 5 atom stereocenters. The molecule has 2 aromatic rings. The van der Waals surface area contributed by atoms with Crippen LogP contribution in [0.2, 0.25) is 0 Å². The minimum atomic E-state index is -3.87. The van der Waals surface area contributed by atoms with Crippen LogP contribution in [0.4, 0.5) is 4.79 Å². The summed E-state index contributed by atoms with van der Waals surface area (Å²) in [6.07, 6.45) is 8.64. The molecule has 13 nitrogen and oxygen atoms in total. The first-order valence-electron chi connectivity index (χ1n) is 17.5. The van der Waals surface area contributed by atoms with Gasteiger partial charge in [-0.05, 0) is 61.5 Å². The Morgan fingerprint density at radius 1 is 1.08 bits per heavy atom. The molecule has 2 saturated carbocycles. The highest BCUT2D eigenvalue weighted by atomic mass is 32.2. The van der Waals surface area contributed by atoms with E-state index in [0.717, 1.165) is 23.6 Å². The van der Waals surface area contributed by atoms with Gasteiger partial charge in [0.25, 0.3) is 5.91 Å². The average Bonchev–Trinajstić information content (AvgIpc) is 3.99. The second-order valence-electron chi connectivity index (χ2n) is 15.2. The molecule has 0 spiro atoms. The number of aromatic nitrogens is 1. The molecule has 4 amide bonds.